The monoisotopic (exact) mass is 788 g/mol. The Morgan fingerprint density at radius 1 is 0.638 bits per heavy atom. The highest BCUT2D eigenvalue weighted by Crippen LogP contribution is 2.54. The summed E-state index contributed by atoms with van der Waals surface area (Å²) in [5.41, 5.74) is 19.5. The number of fused-ring (bicyclic) bond motifs is 9. The number of nitrogens with zero attached hydrogens (tertiary/aromatic N) is 2. The Morgan fingerprint density at radius 2 is 1.33 bits per heavy atom. The van der Waals surface area contributed by atoms with Gasteiger partial charge in [0.15, 0.2) is 0 Å². The molecule has 11 rings (SSSR count). The van der Waals surface area contributed by atoms with Crippen LogP contribution in [-0.4, -0.2) is 14.9 Å². The minimum absolute atomic E-state index is 0.0131. The summed E-state index contributed by atoms with van der Waals surface area (Å²) in [5, 5.41) is 5.85. The van der Waals surface area contributed by atoms with E-state index in [1.54, 1.807) is 5.19 Å². The summed E-state index contributed by atoms with van der Waals surface area (Å²) < 4.78 is 1.40. The second-order valence-electron chi connectivity index (χ2n) is 20.5. The molecule has 4 aliphatic rings. The molecule has 2 nitrogen and oxygen atoms in total. The average Bonchev–Trinajstić information content (AvgIpc) is 3.57. The van der Waals surface area contributed by atoms with E-state index >= 15 is 0 Å². The lowest BCUT2D eigenvalue weighted by Crippen LogP contribution is -2.68. The standard InChI is InChI=1S/C53H53BN2SSi/c1-32-27-37-35-19-16-22-46-49(35)56(42-20-14-15-21-45(42)58(46,9)10)54-47(37)43(28-32)55(41-24-23-34(51(2,3)4)29-36(41)33-17-12-11-13-18-33)50-48(54)38-30-39-40(31-44(38)57-50)53(7,8)26-25-52(39,5)6/h11-24,27-31H,25-26H2,1-10H3. The molecule has 1 aliphatic carbocycles. The van der Waals surface area contributed by atoms with Crippen LogP contribution in [0, 0.1) is 6.92 Å². The fourth-order valence-electron chi connectivity index (χ4n) is 11.1. The number of hydrogen-bond acceptors (Lipinski definition) is 3. The minimum Gasteiger partial charge on any atom is -0.376 e. The van der Waals surface area contributed by atoms with Crippen LogP contribution in [0.4, 0.5) is 27.8 Å². The zero-order valence-electron chi connectivity index (χ0n) is 35.8. The molecule has 6 aromatic carbocycles. The predicted octanol–water partition coefficient (Wildman–Crippen LogP) is 12.4. The van der Waals surface area contributed by atoms with Gasteiger partial charge in [0.05, 0.1) is 10.7 Å². The van der Waals surface area contributed by atoms with Crippen molar-refractivity contribution in [1.82, 2.24) is 0 Å². The highest BCUT2D eigenvalue weighted by atomic mass is 32.1. The molecule has 0 saturated heterocycles. The molecule has 0 amide bonds. The largest absolute Gasteiger partial charge is 0.376 e. The first-order valence-corrected chi connectivity index (χ1v) is 25.2. The van der Waals surface area contributed by atoms with Gasteiger partial charge in [-0.1, -0.05) is 140 Å². The van der Waals surface area contributed by atoms with E-state index in [4.69, 9.17) is 0 Å². The number of para-hydroxylation sites is 2. The smallest absolute Gasteiger partial charge is 0.334 e. The van der Waals surface area contributed by atoms with Gasteiger partial charge in [-0.2, -0.15) is 0 Å². The van der Waals surface area contributed by atoms with E-state index in [0.717, 1.165) is 0 Å². The van der Waals surface area contributed by atoms with Crippen molar-refractivity contribution in [3.63, 3.8) is 0 Å². The van der Waals surface area contributed by atoms with E-state index in [0.29, 0.717) is 0 Å². The molecule has 4 heterocycles. The Bertz CT molecular complexity index is 2890. The Morgan fingerprint density at radius 3 is 2.07 bits per heavy atom. The van der Waals surface area contributed by atoms with Crippen LogP contribution in [0.25, 0.3) is 32.3 Å². The summed E-state index contributed by atoms with van der Waals surface area (Å²) in [4.78, 5) is 5.49. The molecule has 3 aliphatic heterocycles. The Kier molecular flexibility index (Phi) is 7.43. The zero-order chi connectivity index (χ0) is 40.3. The van der Waals surface area contributed by atoms with Crippen molar-refractivity contribution in [3.8, 4) is 22.3 Å². The number of anilines is 5. The third-order valence-electron chi connectivity index (χ3n) is 14.5. The molecule has 58 heavy (non-hydrogen) atoms. The number of aryl methyl sites for hydroxylation is 1. The summed E-state index contributed by atoms with van der Waals surface area (Å²) in [6.45, 7) is 24.4. The third kappa shape index (κ3) is 4.90. The molecule has 0 saturated carbocycles. The van der Waals surface area contributed by atoms with Gasteiger partial charge < -0.3 is 9.71 Å². The van der Waals surface area contributed by atoms with Gasteiger partial charge in [-0.25, -0.2) is 0 Å². The Balaban J connectivity index is 1.31. The van der Waals surface area contributed by atoms with Crippen LogP contribution in [-0.2, 0) is 16.2 Å². The maximum atomic E-state index is 2.80. The van der Waals surface area contributed by atoms with Gasteiger partial charge in [-0.3, -0.25) is 0 Å². The fourth-order valence-corrected chi connectivity index (χ4v) is 15.4. The van der Waals surface area contributed by atoms with E-state index < -0.39 is 8.07 Å². The van der Waals surface area contributed by atoms with Crippen molar-refractivity contribution in [2.75, 3.05) is 9.71 Å². The average molecular weight is 789 g/mol. The van der Waals surface area contributed by atoms with Gasteiger partial charge in [-0.15, -0.1) is 11.3 Å². The lowest BCUT2D eigenvalue weighted by Gasteiger charge is -2.50. The summed E-state index contributed by atoms with van der Waals surface area (Å²) >= 11 is 2.01. The van der Waals surface area contributed by atoms with Crippen molar-refractivity contribution < 1.29 is 0 Å². The molecule has 5 heteroatoms. The summed E-state index contributed by atoms with van der Waals surface area (Å²) in [6, 6.07) is 45.3. The van der Waals surface area contributed by atoms with Crippen molar-refractivity contribution in [2.45, 2.75) is 97.6 Å². The van der Waals surface area contributed by atoms with Gasteiger partial charge in [0, 0.05) is 32.9 Å². The Hall–Kier alpha value is -4.84. The molecular weight excluding hydrogens is 736 g/mol. The van der Waals surface area contributed by atoms with E-state index in [1.807, 2.05) is 11.3 Å². The second kappa shape index (κ2) is 11.9. The SMILES string of the molecule is Cc1cc2c3c(c1)N(c1ccc(C(C)(C)C)cc1-c1ccccc1)c1sc4cc5c(cc4c1B3N1c3ccccc3[Si](C)(C)c3cccc-2c31)C(C)(C)CCC5(C)C. The fraction of sp³-hybridized carbons (Fsp3) is 0.283. The van der Waals surface area contributed by atoms with Gasteiger partial charge >= 0.3 is 6.85 Å². The maximum absolute atomic E-state index is 2.80. The normalized spacial score (nSPS) is 17.7. The molecule has 288 valence electrons. The lowest BCUT2D eigenvalue weighted by atomic mass is 9.43. The van der Waals surface area contributed by atoms with Crippen LogP contribution in [0.1, 0.15) is 83.6 Å². The number of rotatable bonds is 2. The van der Waals surface area contributed by atoms with Crippen molar-refractivity contribution >= 4 is 85.4 Å². The van der Waals surface area contributed by atoms with Crippen molar-refractivity contribution in [1.29, 1.82) is 0 Å². The van der Waals surface area contributed by atoms with Crippen LogP contribution in [0.5, 0.6) is 0 Å². The highest BCUT2D eigenvalue weighted by Gasteiger charge is 2.52. The number of hydrogen-bond donors (Lipinski definition) is 0. The van der Waals surface area contributed by atoms with E-state index in [1.165, 1.54) is 111 Å². The topological polar surface area (TPSA) is 6.48 Å². The van der Waals surface area contributed by atoms with Gasteiger partial charge in [0.2, 0.25) is 0 Å². The summed E-state index contributed by atoms with van der Waals surface area (Å²) in [6.07, 6.45) is 2.40. The maximum Gasteiger partial charge on any atom is 0.334 e. The lowest BCUT2D eigenvalue weighted by molar-refractivity contribution is 0.332. The first-order chi connectivity index (χ1) is 27.6. The van der Waals surface area contributed by atoms with Gasteiger partial charge in [0.1, 0.15) is 8.07 Å². The molecule has 0 N–H and O–H groups in total. The number of benzene rings is 6. The molecule has 7 aromatic rings. The van der Waals surface area contributed by atoms with Crippen LogP contribution in [0.15, 0.2) is 115 Å². The first-order valence-electron chi connectivity index (χ1n) is 21.3. The first kappa shape index (κ1) is 36.3. The van der Waals surface area contributed by atoms with E-state index in [9.17, 15) is 0 Å². The molecule has 0 unspecified atom stereocenters. The molecule has 0 atom stereocenters. The van der Waals surface area contributed by atoms with E-state index in [2.05, 4.69) is 193 Å². The summed E-state index contributed by atoms with van der Waals surface area (Å²) in [5.74, 6) is 0. The van der Waals surface area contributed by atoms with Crippen LogP contribution in [0.2, 0.25) is 13.1 Å². The Labute approximate surface area is 350 Å². The van der Waals surface area contributed by atoms with Crippen LogP contribution < -0.4 is 31.0 Å². The van der Waals surface area contributed by atoms with Crippen LogP contribution in [0.3, 0.4) is 0 Å². The molecule has 0 fully saturated rings. The molecule has 1 aromatic heterocycles. The zero-order valence-corrected chi connectivity index (χ0v) is 37.6. The second-order valence-corrected chi connectivity index (χ2v) is 25.9. The minimum atomic E-state index is -2.03. The summed E-state index contributed by atoms with van der Waals surface area (Å²) in [7, 11) is -2.03. The molecule has 0 spiro atoms. The van der Waals surface area contributed by atoms with Crippen molar-refractivity contribution in [2.24, 2.45) is 0 Å². The quantitative estimate of drug-likeness (QED) is 0.161. The molecular formula is C53H53BN2SSi. The van der Waals surface area contributed by atoms with Crippen molar-refractivity contribution in [3.05, 3.63) is 138 Å². The highest BCUT2D eigenvalue weighted by molar-refractivity contribution is 7.26. The molecule has 0 bridgehead atoms. The van der Waals surface area contributed by atoms with E-state index in [-0.39, 0.29) is 23.1 Å². The van der Waals surface area contributed by atoms with Crippen LogP contribution >= 0.6 is 11.3 Å². The van der Waals surface area contributed by atoms with Gasteiger partial charge in [0.25, 0.3) is 0 Å². The number of thiophene rings is 1. The van der Waals surface area contributed by atoms with Gasteiger partial charge in [-0.05, 0) is 132 Å². The predicted molar refractivity (Wildman–Crippen MR) is 256 cm³/mol. The molecule has 0 radical (unpaired) electrons. The third-order valence-corrected chi connectivity index (χ3v) is 19.2.